The van der Waals surface area contributed by atoms with E-state index in [2.05, 4.69) is 50.5 Å². The molecule has 0 N–H and O–H groups in total. The second kappa shape index (κ2) is 8.33. The molecule has 2 saturated heterocycles. The van der Waals surface area contributed by atoms with Gasteiger partial charge in [-0.1, -0.05) is 30.3 Å². The van der Waals surface area contributed by atoms with Crippen molar-refractivity contribution in [1.82, 2.24) is 9.88 Å². The van der Waals surface area contributed by atoms with Gasteiger partial charge in [0, 0.05) is 31.2 Å². The molecule has 2 fully saturated rings. The van der Waals surface area contributed by atoms with Gasteiger partial charge in [0.25, 0.3) is 0 Å². The third-order valence-electron chi connectivity index (χ3n) is 6.09. The fourth-order valence-electron chi connectivity index (χ4n) is 4.51. The van der Waals surface area contributed by atoms with E-state index in [0.717, 1.165) is 11.8 Å². The van der Waals surface area contributed by atoms with Crippen LogP contribution in [0.25, 0.3) is 0 Å². The standard InChI is InChI=1S/C21H29N3S/c1-2-4-18(5-3-1)6-12-23-13-7-19(8-14-23)20-9-15-24(16-10-20)21-22-11-17-25-21/h1-5,11,17,19-20H,6-10,12-16H2. The van der Waals surface area contributed by atoms with Crippen molar-refractivity contribution in [3.8, 4) is 0 Å². The summed E-state index contributed by atoms with van der Waals surface area (Å²) < 4.78 is 0. The average Bonchev–Trinajstić information content (AvgIpc) is 3.23. The predicted molar refractivity (Wildman–Crippen MR) is 106 cm³/mol. The fraction of sp³-hybridized carbons (Fsp3) is 0.571. The number of nitrogens with zero attached hydrogens (tertiary/aromatic N) is 3. The summed E-state index contributed by atoms with van der Waals surface area (Å²) >= 11 is 1.78. The molecule has 0 spiro atoms. The molecule has 0 aliphatic carbocycles. The second-order valence-electron chi connectivity index (χ2n) is 7.55. The highest BCUT2D eigenvalue weighted by atomic mass is 32.1. The first-order valence-corrected chi connectivity index (χ1v) is 10.7. The molecule has 3 heterocycles. The topological polar surface area (TPSA) is 19.4 Å². The maximum Gasteiger partial charge on any atom is 0.185 e. The molecular weight excluding hydrogens is 326 g/mol. The van der Waals surface area contributed by atoms with Gasteiger partial charge in [-0.15, -0.1) is 11.3 Å². The van der Waals surface area contributed by atoms with Gasteiger partial charge in [-0.25, -0.2) is 4.98 Å². The third-order valence-corrected chi connectivity index (χ3v) is 6.92. The first kappa shape index (κ1) is 17.0. The van der Waals surface area contributed by atoms with Crippen molar-refractivity contribution in [2.45, 2.75) is 32.1 Å². The smallest absolute Gasteiger partial charge is 0.185 e. The molecule has 0 unspecified atom stereocenters. The van der Waals surface area contributed by atoms with Crippen LogP contribution in [0.4, 0.5) is 5.13 Å². The van der Waals surface area contributed by atoms with E-state index in [1.165, 1.54) is 75.5 Å². The van der Waals surface area contributed by atoms with Crippen molar-refractivity contribution in [2.24, 2.45) is 11.8 Å². The van der Waals surface area contributed by atoms with Crippen LogP contribution < -0.4 is 4.90 Å². The first-order valence-electron chi connectivity index (χ1n) is 9.79. The molecule has 1 aromatic heterocycles. The Labute approximate surface area is 155 Å². The zero-order valence-corrected chi connectivity index (χ0v) is 15.8. The Balaban J connectivity index is 1.19. The van der Waals surface area contributed by atoms with Crippen LogP contribution in [0.1, 0.15) is 31.2 Å². The van der Waals surface area contributed by atoms with Crippen molar-refractivity contribution in [1.29, 1.82) is 0 Å². The van der Waals surface area contributed by atoms with Gasteiger partial charge in [-0.3, -0.25) is 0 Å². The molecule has 4 rings (SSSR count). The van der Waals surface area contributed by atoms with Crippen LogP contribution in [-0.2, 0) is 6.42 Å². The first-order chi connectivity index (χ1) is 12.4. The van der Waals surface area contributed by atoms with Gasteiger partial charge in [-0.05, 0) is 62.6 Å². The van der Waals surface area contributed by atoms with Crippen LogP contribution in [0.3, 0.4) is 0 Å². The van der Waals surface area contributed by atoms with Gasteiger partial charge >= 0.3 is 0 Å². The number of anilines is 1. The summed E-state index contributed by atoms with van der Waals surface area (Å²) in [4.78, 5) is 9.63. The Morgan fingerprint density at radius 2 is 1.60 bits per heavy atom. The lowest BCUT2D eigenvalue weighted by Crippen LogP contribution is -2.41. The molecule has 4 heteroatoms. The number of rotatable bonds is 5. The van der Waals surface area contributed by atoms with Crippen molar-refractivity contribution >= 4 is 16.5 Å². The zero-order chi connectivity index (χ0) is 16.9. The van der Waals surface area contributed by atoms with E-state index in [-0.39, 0.29) is 0 Å². The van der Waals surface area contributed by atoms with Gasteiger partial charge in [0.05, 0.1) is 0 Å². The van der Waals surface area contributed by atoms with E-state index in [9.17, 15) is 0 Å². The molecule has 0 amide bonds. The molecule has 0 atom stereocenters. The van der Waals surface area contributed by atoms with E-state index in [1.807, 2.05) is 6.20 Å². The fourth-order valence-corrected chi connectivity index (χ4v) is 5.21. The molecule has 134 valence electrons. The molecular formula is C21H29N3S. The molecule has 25 heavy (non-hydrogen) atoms. The minimum Gasteiger partial charge on any atom is -0.348 e. The summed E-state index contributed by atoms with van der Waals surface area (Å²) in [5.74, 6) is 1.89. The molecule has 3 nitrogen and oxygen atoms in total. The van der Waals surface area contributed by atoms with Gasteiger partial charge in [-0.2, -0.15) is 0 Å². The van der Waals surface area contributed by atoms with Crippen LogP contribution in [-0.4, -0.2) is 42.6 Å². The Morgan fingerprint density at radius 1 is 0.920 bits per heavy atom. The number of piperidine rings is 2. The summed E-state index contributed by atoms with van der Waals surface area (Å²) in [6.07, 6.45) is 8.63. The van der Waals surface area contributed by atoms with Crippen LogP contribution in [0.15, 0.2) is 41.9 Å². The molecule has 1 aromatic carbocycles. The lowest BCUT2D eigenvalue weighted by Gasteiger charge is -2.40. The van der Waals surface area contributed by atoms with E-state index in [4.69, 9.17) is 0 Å². The summed E-state index contributed by atoms with van der Waals surface area (Å²) in [5, 5.41) is 3.31. The molecule has 2 aromatic rings. The summed E-state index contributed by atoms with van der Waals surface area (Å²) in [6.45, 7) is 6.21. The van der Waals surface area contributed by atoms with E-state index < -0.39 is 0 Å². The Bertz CT molecular complexity index is 612. The number of benzene rings is 1. The minimum absolute atomic E-state index is 0.937. The minimum atomic E-state index is 0.937. The summed E-state index contributed by atoms with van der Waals surface area (Å²) in [7, 11) is 0. The van der Waals surface area contributed by atoms with Crippen LogP contribution in [0.2, 0.25) is 0 Å². The van der Waals surface area contributed by atoms with Crippen molar-refractivity contribution in [3.63, 3.8) is 0 Å². The second-order valence-corrected chi connectivity index (χ2v) is 8.43. The lowest BCUT2D eigenvalue weighted by atomic mass is 9.79. The summed E-state index contributed by atoms with van der Waals surface area (Å²) in [6, 6.07) is 10.9. The normalized spacial score (nSPS) is 20.9. The maximum atomic E-state index is 4.47. The number of hydrogen-bond donors (Lipinski definition) is 0. The highest BCUT2D eigenvalue weighted by molar-refractivity contribution is 7.13. The SMILES string of the molecule is c1ccc(CCN2CCC(C3CCN(c4nccs4)CC3)CC2)cc1. The Kier molecular flexibility index (Phi) is 5.68. The van der Waals surface area contributed by atoms with Crippen molar-refractivity contribution in [2.75, 3.05) is 37.6 Å². The van der Waals surface area contributed by atoms with E-state index in [0.29, 0.717) is 0 Å². The lowest BCUT2D eigenvalue weighted by molar-refractivity contribution is 0.135. The average molecular weight is 356 g/mol. The van der Waals surface area contributed by atoms with E-state index in [1.54, 1.807) is 11.3 Å². The van der Waals surface area contributed by atoms with E-state index >= 15 is 0 Å². The number of thiazole rings is 1. The number of likely N-dealkylation sites (tertiary alicyclic amines) is 1. The molecule has 0 bridgehead atoms. The van der Waals surface area contributed by atoms with Gasteiger partial charge in [0.1, 0.15) is 0 Å². The maximum absolute atomic E-state index is 4.47. The Hall–Kier alpha value is -1.39. The highest BCUT2D eigenvalue weighted by Gasteiger charge is 2.29. The largest absolute Gasteiger partial charge is 0.348 e. The number of aromatic nitrogens is 1. The Morgan fingerprint density at radius 3 is 2.24 bits per heavy atom. The van der Waals surface area contributed by atoms with Crippen LogP contribution >= 0.6 is 11.3 Å². The predicted octanol–water partition coefficient (Wildman–Crippen LogP) is 4.31. The third kappa shape index (κ3) is 4.42. The van der Waals surface area contributed by atoms with Crippen LogP contribution in [0.5, 0.6) is 0 Å². The highest BCUT2D eigenvalue weighted by Crippen LogP contribution is 2.34. The van der Waals surface area contributed by atoms with Gasteiger partial charge in [0.15, 0.2) is 5.13 Å². The van der Waals surface area contributed by atoms with Crippen LogP contribution in [0, 0.1) is 11.8 Å². The van der Waals surface area contributed by atoms with Crippen molar-refractivity contribution < 1.29 is 0 Å². The van der Waals surface area contributed by atoms with Crippen molar-refractivity contribution in [3.05, 3.63) is 47.5 Å². The van der Waals surface area contributed by atoms with Gasteiger partial charge in [0.2, 0.25) is 0 Å². The molecule has 2 aliphatic rings. The molecule has 0 saturated carbocycles. The number of hydrogen-bond acceptors (Lipinski definition) is 4. The van der Waals surface area contributed by atoms with Gasteiger partial charge < -0.3 is 9.80 Å². The zero-order valence-electron chi connectivity index (χ0n) is 15.0. The molecule has 2 aliphatic heterocycles. The molecule has 0 radical (unpaired) electrons. The monoisotopic (exact) mass is 355 g/mol. The summed E-state index contributed by atoms with van der Waals surface area (Å²) in [5.41, 5.74) is 1.47. The quantitative estimate of drug-likeness (QED) is 0.796.